The van der Waals surface area contributed by atoms with Gasteiger partial charge in [0.25, 0.3) is 0 Å². The smallest absolute Gasteiger partial charge is 1.00 e. The van der Waals surface area contributed by atoms with Crippen molar-refractivity contribution in [3.8, 4) is 0 Å². The molecule has 0 heterocycles. The molecule has 3 atom stereocenters. The summed E-state index contributed by atoms with van der Waals surface area (Å²) in [6, 6.07) is 8.24. The second-order valence-corrected chi connectivity index (χ2v) is 6.84. The molecule has 1 aromatic carbocycles. The topological polar surface area (TPSA) is 40.9 Å². The van der Waals surface area contributed by atoms with Gasteiger partial charge in [-0.25, -0.2) is 11.6 Å². The van der Waals surface area contributed by atoms with Gasteiger partial charge in [-0.1, -0.05) is 26.4 Å². The van der Waals surface area contributed by atoms with Gasteiger partial charge in [-0.15, -0.1) is 0 Å². The first-order chi connectivity index (χ1) is 9.08. The van der Waals surface area contributed by atoms with Crippen LogP contribution in [0.1, 0.15) is 31.2 Å². The van der Waals surface area contributed by atoms with Crippen molar-refractivity contribution < 1.29 is 55.8 Å². The van der Waals surface area contributed by atoms with Gasteiger partial charge >= 0.3 is 26.2 Å². The quantitative estimate of drug-likeness (QED) is 0.378. The molecule has 1 N–H and O–H groups in total. The molecule has 0 spiro atoms. The fraction of sp³-hybridized carbons (Fsp3) is 0.625. The summed E-state index contributed by atoms with van der Waals surface area (Å²) in [7, 11) is 0.750. The maximum absolute atomic E-state index is 10.7. The summed E-state index contributed by atoms with van der Waals surface area (Å²) in [5, 5.41) is 0. The van der Waals surface area contributed by atoms with E-state index in [2.05, 4.69) is 32.2 Å². The normalized spacial score (nSPS) is 23.3. The molecule has 1 amide bonds. The van der Waals surface area contributed by atoms with Crippen LogP contribution in [-0.2, 0) is 31.0 Å². The Hall–Kier alpha value is 0.500. The fourth-order valence-corrected chi connectivity index (χ4v) is 3.04. The van der Waals surface area contributed by atoms with E-state index < -0.39 is 0 Å². The van der Waals surface area contributed by atoms with Crippen LogP contribution < -0.4 is 24.8 Å². The van der Waals surface area contributed by atoms with Crippen molar-refractivity contribution in [1.29, 1.82) is 0 Å². The van der Waals surface area contributed by atoms with Crippen molar-refractivity contribution in [2.24, 2.45) is 17.8 Å². The van der Waals surface area contributed by atoms with Gasteiger partial charge in [-0.3, -0.25) is 0 Å². The Kier molecular flexibility index (Phi) is 18.7. The van der Waals surface area contributed by atoms with E-state index in [0.717, 1.165) is 21.9 Å². The molecule has 2 fully saturated rings. The molecule has 2 saturated carbocycles. The zero-order valence-electron chi connectivity index (χ0n) is 13.6. The summed E-state index contributed by atoms with van der Waals surface area (Å²) >= 11 is 0. The Morgan fingerprint density at radius 3 is 2.05 bits per heavy atom. The number of halogens is 2. The predicted octanol–water partition coefficient (Wildman–Crippen LogP) is -1.76. The van der Waals surface area contributed by atoms with Crippen molar-refractivity contribution in [2.75, 3.05) is 0 Å². The Labute approximate surface area is 169 Å². The number of rotatable bonds is 1. The summed E-state index contributed by atoms with van der Waals surface area (Å²) in [6.45, 7) is 6.50. The molecule has 123 valence electrons. The summed E-state index contributed by atoms with van der Waals surface area (Å²) in [4.78, 5) is 10.7. The molecule has 0 aromatic heterocycles. The van der Waals surface area contributed by atoms with Gasteiger partial charge in [-0.2, -0.15) is 18.2 Å². The van der Waals surface area contributed by atoms with E-state index >= 15 is 0 Å². The number of carbonyl (C=O) groups excluding carboxylic acids is 1. The largest absolute Gasteiger partial charge is 4.00 e. The number of amides is 1. The molecule has 0 saturated heterocycles. The Morgan fingerprint density at radius 1 is 1.27 bits per heavy atom. The second kappa shape index (κ2) is 15.1. The van der Waals surface area contributed by atoms with E-state index in [9.17, 15) is 4.79 Å². The van der Waals surface area contributed by atoms with Crippen LogP contribution in [0.2, 0.25) is 13.1 Å². The van der Waals surface area contributed by atoms with E-state index in [1.54, 1.807) is 0 Å². The van der Waals surface area contributed by atoms with E-state index in [0.29, 0.717) is 5.92 Å². The number of aryl methyl sites for hydroxylation is 1. The van der Waals surface area contributed by atoms with Gasteiger partial charge in [0.15, 0.2) is 0 Å². The number of nitrogens with one attached hydrogen (secondary N) is 1. The molecule has 2 nitrogen and oxygen atoms in total. The van der Waals surface area contributed by atoms with Crippen LogP contribution in [0, 0.1) is 24.7 Å². The molecule has 3 unspecified atom stereocenters. The van der Waals surface area contributed by atoms with E-state index in [1.165, 1.54) is 24.8 Å². The average Bonchev–Trinajstić information content (AvgIpc) is 3.07. The van der Waals surface area contributed by atoms with Gasteiger partial charge in [-0.05, 0) is 31.1 Å². The van der Waals surface area contributed by atoms with Crippen molar-refractivity contribution >= 4 is 15.4 Å². The fourth-order valence-electron chi connectivity index (χ4n) is 3.04. The van der Waals surface area contributed by atoms with Crippen molar-refractivity contribution in [3.63, 3.8) is 0 Å². The van der Waals surface area contributed by atoms with Gasteiger partial charge in [0.1, 0.15) is 0 Å². The van der Waals surface area contributed by atoms with Gasteiger partial charge in [0.05, 0.1) is 5.91 Å². The molecule has 2 bridgehead atoms. The van der Waals surface area contributed by atoms with Gasteiger partial charge in [0.2, 0.25) is 0 Å². The zero-order chi connectivity index (χ0) is 14.3. The SMILES string of the molecule is C[SiH]C.Cc1cc[cH-]c1.[Cl-].[Cl-].[NH-]C(=O)C1CC2CCC1C2.[Zr+4]. The van der Waals surface area contributed by atoms with E-state index in [4.69, 9.17) is 5.73 Å². The first-order valence-electron chi connectivity index (χ1n) is 7.26. The summed E-state index contributed by atoms with van der Waals surface area (Å²) in [5.41, 5.74) is 8.33. The minimum Gasteiger partial charge on any atom is -1.00 e. The van der Waals surface area contributed by atoms with Crippen LogP contribution in [0.25, 0.3) is 5.73 Å². The Balaban J connectivity index is -0.000000265. The monoisotopic (exact) mass is 436 g/mol. The molecule has 2 aliphatic rings. The third-order valence-corrected chi connectivity index (χ3v) is 3.90. The van der Waals surface area contributed by atoms with Crippen LogP contribution >= 0.6 is 0 Å². The molecule has 2 aliphatic carbocycles. The Bertz CT molecular complexity index is 376. The number of hydrogen-bond donors (Lipinski definition) is 0. The first kappa shape index (κ1) is 27.4. The molecule has 6 heteroatoms. The zero-order valence-corrected chi connectivity index (χ0v) is 18.7. The molecule has 3 rings (SSSR count). The van der Waals surface area contributed by atoms with Crippen LogP contribution in [0.3, 0.4) is 0 Å². The maximum atomic E-state index is 10.7. The molecule has 22 heavy (non-hydrogen) atoms. The van der Waals surface area contributed by atoms with Crippen molar-refractivity contribution in [1.82, 2.24) is 0 Å². The maximum Gasteiger partial charge on any atom is 4.00 e. The van der Waals surface area contributed by atoms with Gasteiger partial charge in [0, 0.05) is 15.4 Å². The third kappa shape index (κ3) is 9.60. The summed E-state index contributed by atoms with van der Waals surface area (Å²) in [5.74, 6) is 1.20. The first-order valence-corrected chi connectivity index (χ1v) is 9.57. The second-order valence-electron chi connectivity index (χ2n) is 5.69. The predicted molar refractivity (Wildman–Crippen MR) is 83.9 cm³/mol. The minimum atomic E-state index is -0.313. The Morgan fingerprint density at radius 2 is 1.86 bits per heavy atom. The van der Waals surface area contributed by atoms with Crippen LogP contribution in [-0.4, -0.2) is 15.4 Å². The van der Waals surface area contributed by atoms with E-state index in [1.807, 2.05) is 12.1 Å². The molecular formula is C16H26Cl2NOSiZr. The average molecular weight is 439 g/mol. The minimum absolute atomic E-state index is 0. The number of carbonyl (C=O) groups is 1. The van der Waals surface area contributed by atoms with Crippen LogP contribution in [0.5, 0.6) is 0 Å². The molecule has 0 aliphatic heterocycles. The number of hydrogen-bond acceptors (Lipinski definition) is 1. The van der Waals surface area contributed by atoms with Crippen molar-refractivity contribution in [3.05, 3.63) is 35.6 Å². The van der Waals surface area contributed by atoms with Crippen molar-refractivity contribution in [2.45, 2.75) is 45.7 Å². The number of fused-ring (bicyclic) bond motifs is 2. The molecule has 1 aromatic rings. The van der Waals surface area contributed by atoms with Gasteiger partial charge < -0.3 is 35.3 Å². The summed E-state index contributed by atoms with van der Waals surface area (Å²) < 4.78 is 0. The van der Waals surface area contributed by atoms with Crippen LogP contribution in [0.15, 0.2) is 24.3 Å². The molecule has 1 radical (unpaired) electrons. The third-order valence-electron chi connectivity index (χ3n) is 3.90. The standard InChI is InChI=1S/C8H13NO.C6H7.C2H7Si.2ClH.Zr/c9-8(10)7-4-5-1-2-6(7)3-5;1-6-4-2-3-5-6;1-3-2;;;/h5-7H,1-4H2,(H2,9,10);2-5H,1H3;3H,1-2H3;2*1H;/q;-1;;;;+4/p-3. The van der Waals surface area contributed by atoms with Crippen LogP contribution in [0.4, 0.5) is 0 Å². The summed E-state index contributed by atoms with van der Waals surface area (Å²) in [6.07, 6.45) is 4.77. The van der Waals surface area contributed by atoms with E-state index in [-0.39, 0.29) is 62.8 Å². The molecular weight excluding hydrogens is 412 g/mol.